The van der Waals surface area contributed by atoms with Crippen LogP contribution in [0.3, 0.4) is 0 Å². The molecule has 10 heteroatoms. The van der Waals surface area contributed by atoms with E-state index in [0.29, 0.717) is 50.6 Å². The molecule has 0 saturated carbocycles. The summed E-state index contributed by atoms with van der Waals surface area (Å²) in [6.07, 6.45) is 1.20. The molecule has 0 bridgehead atoms. The van der Waals surface area contributed by atoms with Crippen molar-refractivity contribution in [2.75, 3.05) is 38.0 Å². The highest BCUT2D eigenvalue weighted by Crippen LogP contribution is 2.09. The Labute approximate surface area is 160 Å². The van der Waals surface area contributed by atoms with Gasteiger partial charge in [-0.15, -0.1) is 24.8 Å². The van der Waals surface area contributed by atoms with Gasteiger partial charge in [0.2, 0.25) is 11.8 Å². The van der Waals surface area contributed by atoms with E-state index >= 15 is 0 Å². The fourth-order valence-electron chi connectivity index (χ4n) is 2.48. The standard InChI is InChI=1S/C15H25N5O3.2ClH/c1-11(16)3-4-15(22)20-7-5-19(6-8-20)10-14(21)17-13-9-12(2)23-18-13;;/h9,11H,3-8,10,16H2,1-2H3,(H,17,18,21);2*1H. The van der Waals surface area contributed by atoms with Crippen LogP contribution in [0.2, 0.25) is 0 Å². The fraction of sp³-hybridized carbons (Fsp3) is 0.667. The van der Waals surface area contributed by atoms with E-state index in [1.807, 2.05) is 16.7 Å². The van der Waals surface area contributed by atoms with Crippen LogP contribution in [0.1, 0.15) is 25.5 Å². The zero-order valence-corrected chi connectivity index (χ0v) is 16.2. The molecule has 1 aliphatic heterocycles. The van der Waals surface area contributed by atoms with E-state index in [0.717, 1.165) is 0 Å². The van der Waals surface area contributed by atoms with Crippen LogP contribution in [0.25, 0.3) is 0 Å². The van der Waals surface area contributed by atoms with Crippen LogP contribution in [0.5, 0.6) is 0 Å². The summed E-state index contributed by atoms with van der Waals surface area (Å²) in [6.45, 7) is 6.63. The molecule has 25 heavy (non-hydrogen) atoms. The van der Waals surface area contributed by atoms with Gasteiger partial charge in [-0.05, 0) is 20.3 Å². The topological polar surface area (TPSA) is 105 Å². The molecule has 2 amide bonds. The number of amides is 2. The number of aromatic nitrogens is 1. The number of piperazine rings is 1. The first kappa shape index (κ1) is 23.6. The lowest BCUT2D eigenvalue weighted by atomic mass is 10.1. The average Bonchev–Trinajstić information content (AvgIpc) is 2.90. The lowest BCUT2D eigenvalue weighted by molar-refractivity contribution is -0.133. The summed E-state index contributed by atoms with van der Waals surface area (Å²) >= 11 is 0. The maximum Gasteiger partial charge on any atom is 0.239 e. The molecule has 1 aliphatic rings. The summed E-state index contributed by atoms with van der Waals surface area (Å²) in [7, 11) is 0. The molecule has 2 rings (SSSR count). The molecule has 1 fully saturated rings. The Morgan fingerprint density at radius 1 is 1.32 bits per heavy atom. The monoisotopic (exact) mass is 395 g/mol. The Kier molecular flexibility index (Phi) is 10.7. The van der Waals surface area contributed by atoms with Crippen LogP contribution in [-0.2, 0) is 9.59 Å². The molecule has 1 saturated heterocycles. The van der Waals surface area contributed by atoms with Crippen molar-refractivity contribution >= 4 is 42.4 Å². The Morgan fingerprint density at radius 2 is 1.96 bits per heavy atom. The third-order valence-corrected chi connectivity index (χ3v) is 3.80. The average molecular weight is 396 g/mol. The van der Waals surface area contributed by atoms with E-state index < -0.39 is 0 Å². The van der Waals surface area contributed by atoms with Crippen LogP contribution >= 0.6 is 24.8 Å². The quantitative estimate of drug-likeness (QED) is 0.745. The van der Waals surface area contributed by atoms with Crippen molar-refractivity contribution in [2.45, 2.75) is 32.7 Å². The van der Waals surface area contributed by atoms with Crippen molar-refractivity contribution < 1.29 is 14.1 Å². The van der Waals surface area contributed by atoms with Gasteiger partial charge in [0.05, 0.1) is 6.54 Å². The number of aryl methyl sites for hydroxylation is 1. The van der Waals surface area contributed by atoms with E-state index in [1.54, 1.807) is 13.0 Å². The Morgan fingerprint density at radius 3 is 2.48 bits per heavy atom. The molecule has 1 aromatic rings. The van der Waals surface area contributed by atoms with Crippen molar-refractivity contribution in [1.82, 2.24) is 15.0 Å². The highest BCUT2D eigenvalue weighted by atomic mass is 35.5. The van der Waals surface area contributed by atoms with Crippen molar-refractivity contribution in [3.05, 3.63) is 11.8 Å². The van der Waals surface area contributed by atoms with Gasteiger partial charge in [-0.3, -0.25) is 14.5 Å². The largest absolute Gasteiger partial charge is 0.360 e. The number of nitrogens with two attached hydrogens (primary N) is 1. The number of anilines is 1. The molecular formula is C15H27Cl2N5O3. The molecule has 0 aromatic carbocycles. The highest BCUT2D eigenvalue weighted by molar-refractivity contribution is 5.91. The molecule has 3 N–H and O–H groups in total. The fourth-order valence-corrected chi connectivity index (χ4v) is 2.48. The van der Waals surface area contributed by atoms with Gasteiger partial charge >= 0.3 is 0 Å². The minimum atomic E-state index is -0.130. The van der Waals surface area contributed by atoms with Gasteiger partial charge in [-0.25, -0.2) is 0 Å². The molecule has 1 aromatic heterocycles. The van der Waals surface area contributed by atoms with Gasteiger partial charge in [-0.2, -0.15) is 0 Å². The summed E-state index contributed by atoms with van der Waals surface area (Å²) in [6, 6.07) is 1.72. The lowest BCUT2D eigenvalue weighted by Gasteiger charge is -2.34. The summed E-state index contributed by atoms with van der Waals surface area (Å²) in [5, 5.41) is 6.43. The van der Waals surface area contributed by atoms with E-state index in [-0.39, 0.29) is 49.2 Å². The molecule has 8 nitrogen and oxygen atoms in total. The number of hydrogen-bond acceptors (Lipinski definition) is 6. The summed E-state index contributed by atoms with van der Waals surface area (Å²) in [4.78, 5) is 27.9. The summed E-state index contributed by atoms with van der Waals surface area (Å²) in [5.74, 6) is 1.09. The third kappa shape index (κ3) is 8.04. The summed E-state index contributed by atoms with van der Waals surface area (Å²) in [5.41, 5.74) is 5.68. The first-order chi connectivity index (χ1) is 10.9. The van der Waals surface area contributed by atoms with Crippen LogP contribution in [0.4, 0.5) is 5.82 Å². The number of nitrogens with zero attached hydrogens (tertiary/aromatic N) is 3. The van der Waals surface area contributed by atoms with Crippen LogP contribution in [0.15, 0.2) is 10.6 Å². The van der Waals surface area contributed by atoms with Crippen LogP contribution in [0, 0.1) is 6.92 Å². The maximum atomic E-state index is 12.0. The molecule has 1 atom stereocenters. The highest BCUT2D eigenvalue weighted by Gasteiger charge is 2.22. The number of nitrogens with one attached hydrogen (secondary N) is 1. The zero-order valence-electron chi connectivity index (χ0n) is 14.6. The second-order valence-corrected chi connectivity index (χ2v) is 6.04. The van der Waals surface area contributed by atoms with E-state index in [1.165, 1.54) is 0 Å². The first-order valence-corrected chi connectivity index (χ1v) is 7.93. The Balaban J connectivity index is 0.00000288. The minimum Gasteiger partial charge on any atom is -0.360 e. The molecule has 0 aliphatic carbocycles. The number of halogens is 2. The molecule has 2 heterocycles. The normalized spacial score (nSPS) is 15.7. The van der Waals surface area contributed by atoms with Crippen molar-refractivity contribution in [1.29, 1.82) is 0 Å². The Bertz CT molecular complexity index is 545. The smallest absolute Gasteiger partial charge is 0.239 e. The minimum absolute atomic E-state index is 0. The number of hydrogen-bond donors (Lipinski definition) is 2. The zero-order chi connectivity index (χ0) is 16.8. The first-order valence-electron chi connectivity index (χ1n) is 7.93. The number of carbonyl (C=O) groups excluding carboxylic acids is 2. The van der Waals surface area contributed by atoms with Gasteiger partial charge in [0.15, 0.2) is 5.82 Å². The van der Waals surface area contributed by atoms with Gasteiger partial charge in [0, 0.05) is 44.7 Å². The Hall–Kier alpha value is -1.35. The predicted octanol–water partition coefficient (Wildman–Crippen LogP) is 1.04. The molecule has 0 radical (unpaired) electrons. The number of rotatable bonds is 6. The second kappa shape index (κ2) is 11.3. The van der Waals surface area contributed by atoms with Gasteiger partial charge in [-0.1, -0.05) is 5.16 Å². The van der Waals surface area contributed by atoms with Crippen molar-refractivity contribution in [2.24, 2.45) is 5.73 Å². The number of carbonyl (C=O) groups is 2. The van der Waals surface area contributed by atoms with Crippen LogP contribution in [-0.4, -0.2) is 65.5 Å². The van der Waals surface area contributed by atoms with E-state index in [2.05, 4.69) is 10.5 Å². The van der Waals surface area contributed by atoms with E-state index in [9.17, 15) is 9.59 Å². The van der Waals surface area contributed by atoms with Gasteiger partial charge < -0.3 is 20.5 Å². The lowest BCUT2D eigenvalue weighted by Crippen LogP contribution is -2.50. The predicted molar refractivity (Wildman–Crippen MR) is 100 cm³/mol. The van der Waals surface area contributed by atoms with Gasteiger partial charge in [0.25, 0.3) is 0 Å². The van der Waals surface area contributed by atoms with Crippen LogP contribution < -0.4 is 11.1 Å². The van der Waals surface area contributed by atoms with Crippen molar-refractivity contribution in [3.8, 4) is 0 Å². The van der Waals surface area contributed by atoms with Crippen molar-refractivity contribution in [3.63, 3.8) is 0 Å². The SMILES string of the molecule is Cc1cc(NC(=O)CN2CCN(C(=O)CCC(C)N)CC2)no1.Cl.Cl. The third-order valence-electron chi connectivity index (χ3n) is 3.80. The molecule has 144 valence electrons. The molecule has 0 spiro atoms. The molecule has 1 unspecified atom stereocenters. The second-order valence-electron chi connectivity index (χ2n) is 6.04. The molecular weight excluding hydrogens is 369 g/mol. The van der Waals surface area contributed by atoms with Gasteiger partial charge in [0.1, 0.15) is 5.76 Å². The van der Waals surface area contributed by atoms with E-state index in [4.69, 9.17) is 10.3 Å². The maximum absolute atomic E-state index is 12.0. The summed E-state index contributed by atoms with van der Waals surface area (Å²) < 4.78 is 4.90.